The maximum Gasteiger partial charge on any atom is 0.221 e. The minimum absolute atomic E-state index is 0.174. The van der Waals surface area contributed by atoms with E-state index in [2.05, 4.69) is 6.92 Å². The van der Waals surface area contributed by atoms with E-state index in [-0.39, 0.29) is 17.3 Å². The highest BCUT2D eigenvalue weighted by Crippen LogP contribution is 2.25. The van der Waals surface area contributed by atoms with Crippen molar-refractivity contribution >= 4 is 17.1 Å². The molecule has 0 atom stereocenters. The van der Waals surface area contributed by atoms with Gasteiger partial charge in [0.2, 0.25) is 5.78 Å². The first-order valence-electron chi connectivity index (χ1n) is 7.93. The van der Waals surface area contributed by atoms with Crippen molar-refractivity contribution in [2.45, 2.75) is 39.0 Å². The highest BCUT2D eigenvalue weighted by molar-refractivity contribution is 6.35. The van der Waals surface area contributed by atoms with Crippen LogP contribution in [0.4, 0.5) is 0 Å². The van der Waals surface area contributed by atoms with Crippen molar-refractivity contribution in [2.75, 3.05) is 6.61 Å². The van der Waals surface area contributed by atoms with Gasteiger partial charge in [0.1, 0.15) is 0 Å². The molecule has 0 spiro atoms. The van der Waals surface area contributed by atoms with Gasteiger partial charge >= 0.3 is 0 Å². The van der Waals surface area contributed by atoms with Gasteiger partial charge in [0.05, 0.1) is 12.2 Å². The Morgan fingerprint density at radius 3 is 2.27 bits per heavy atom. The first-order chi connectivity index (χ1) is 10.7. The Balaban J connectivity index is 2.08. The van der Waals surface area contributed by atoms with Crippen LogP contribution in [0.25, 0.3) is 5.57 Å². The molecule has 1 aliphatic rings. The van der Waals surface area contributed by atoms with E-state index in [1.165, 1.54) is 31.4 Å². The number of ether oxygens (including phenoxy) is 1. The third kappa shape index (κ3) is 4.17. The molecule has 0 heterocycles. The van der Waals surface area contributed by atoms with Crippen LogP contribution >= 0.6 is 0 Å². The van der Waals surface area contributed by atoms with Gasteiger partial charge in [-0.15, -0.1) is 0 Å². The molecule has 0 fully saturated rings. The molecule has 0 bridgehead atoms. The quantitative estimate of drug-likeness (QED) is 0.536. The second-order valence-electron chi connectivity index (χ2n) is 5.39. The van der Waals surface area contributed by atoms with Gasteiger partial charge in [-0.25, -0.2) is 0 Å². The van der Waals surface area contributed by atoms with Gasteiger partial charge in [-0.3, -0.25) is 9.59 Å². The van der Waals surface area contributed by atoms with Crippen LogP contribution in [0.2, 0.25) is 0 Å². The number of hydrogen-bond donors (Lipinski definition) is 0. The predicted molar refractivity (Wildman–Crippen MR) is 87.2 cm³/mol. The molecule has 116 valence electrons. The first-order valence-corrected chi connectivity index (χ1v) is 7.93. The second kappa shape index (κ2) is 8.32. The Labute approximate surface area is 131 Å². The molecule has 3 nitrogen and oxygen atoms in total. The highest BCUT2D eigenvalue weighted by atomic mass is 16.5. The lowest BCUT2D eigenvalue weighted by molar-refractivity contribution is -0.116. The van der Waals surface area contributed by atoms with Gasteiger partial charge in [0.15, 0.2) is 11.5 Å². The summed E-state index contributed by atoms with van der Waals surface area (Å²) in [7, 11) is 0. The van der Waals surface area contributed by atoms with Gasteiger partial charge in [-0.05, 0) is 24.1 Å². The van der Waals surface area contributed by atoms with Gasteiger partial charge in [-0.1, -0.05) is 62.9 Å². The summed E-state index contributed by atoms with van der Waals surface area (Å²) in [6.07, 6.45) is 8.19. The maximum absolute atomic E-state index is 12.1. The monoisotopic (exact) mass is 298 g/mol. The molecular weight excluding hydrogens is 276 g/mol. The maximum atomic E-state index is 12.1. The Morgan fingerprint density at radius 1 is 0.864 bits per heavy atom. The van der Waals surface area contributed by atoms with E-state index in [1.54, 1.807) is 0 Å². The molecule has 1 aromatic carbocycles. The number of carbonyl (C=O) groups is 2. The molecule has 0 saturated carbocycles. The summed E-state index contributed by atoms with van der Waals surface area (Å²) in [6.45, 7) is 2.65. The number of unbranched alkanes of at least 4 members (excludes halogenated alkanes) is 4. The molecule has 0 unspecified atom stereocenters. The summed E-state index contributed by atoms with van der Waals surface area (Å²) in [5.41, 5.74) is 1.10. The van der Waals surface area contributed by atoms with Crippen LogP contribution in [0.15, 0.2) is 48.2 Å². The summed E-state index contributed by atoms with van der Waals surface area (Å²) >= 11 is 0. The molecule has 0 aliphatic heterocycles. The topological polar surface area (TPSA) is 43.4 Å². The largest absolute Gasteiger partial charge is 0.489 e. The molecule has 3 heteroatoms. The minimum Gasteiger partial charge on any atom is -0.489 e. The number of ketones is 2. The van der Waals surface area contributed by atoms with Crippen molar-refractivity contribution < 1.29 is 14.3 Å². The van der Waals surface area contributed by atoms with E-state index in [9.17, 15) is 9.59 Å². The third-order valence-corrected chi connectivity index (χ3v) is 3.64. The summed E-state index contributed by atoms with van der Waals surface area (Å²) < 4.78 is 5.67. The highest BCUT2D eigenvalue weighted by Gasteiger charge is 2.25. The number of allylic oxidation sites excluding steroid dienone is 3. The fourth-order valence-corrected chi connectivity index (χ4v) is 2.45. The van der Waals surface area contributed by atoms with E-state index in [0.717, 1.165) is 18.4 Å². The molecular formula is C19H22O3. The van der Waals surface area contributed by atoms with E-state index in [1.807, 2.05) is 30.3 Å². The molecule has 22 heavy (non-hydrogen) atoms. The molecule has 0 amide bonds. The van der Waals surface area contributed by atoms with Crippen LogP contribution in [-0.2, 0) is 14.3 Å². The Kier molecular flexibility index (Phi) is 6.13. The number of hydrogen-bond acceptors (Lipinski definition) is 3. The lowest BCUT2D eigenvalue weighted by Crippen LogP contribution is -2.16. The first kappa shape index (κ1) is 16.2. The fraction of sp³-hybridized carbons (Fsp3) is 0.368. The van der Waals surface area contributed by atoms with Gasteiger partial charge in [-0.2, -0.15) is 0 Å². The molecule has 0 N–H and O–H groups in total. The van der Waals surface area contributed by atoms with Crippen LogP contribution in [0.1, 0.15) is 44.6 Å². The van der Waals surface area contributed by atoms with Crippen LogP contribution in [-0.4, -0.2) is 18.2 Å². The number of benzene rings is 1. The van der Waals surface area contributed by atoms with Crippen molar-refractivity contribution in [2.24, 2.45) is 0 Å². The molecule has 2 rings (SSSR count). The van der Waals surface area contributed by atoms with Crippen LogP contribution in [0.5, 0.6) is 0 Å². The molecule has 0 aromatic heterocycles. The fourth-order valence-electron chi connectivity index (χ4n) is 2.45. The summed E-state index contributed by atoms with van der Waals surface area (Å²) in [5.74, 6) is -0.215. The predicted octanol–water partition coefficient (Wildman–Crippen LogP) is 4.09. The van der Waals surface area contributed by atoms with Gasteiger partial charge in [0.25, 0.3) is 0 Å². The molecule has 0 radical (unpaired) electrons. The number of rotatable bonds is 8. The van der Waals surface area contributed by atoms with Crippen molar-refractivity contribution in [3.63, 3.8) is 0 Å². The SMILES string of the molecule is CCCCCCCOC1=C(c2ccccc2)C(=O)C=CC1=O. The smallest absolute Gasteiger partial charge is 0.221 e. The van der Waals surface area contributed by atoms with E-state index in [4.69, 9.17) is 4.74 Å². The summed E-state index contributed by atoms with van der Waals surface area (Å²) in [6, 6.07) is 9.22. The molecule has 1 aliphatic carbocycles. The third-order valence-electron chi connectivity index (χ3n) is 3.64. The Hall–Kier alpha value is -2.16. The van der Waals surface area contributed by atoms with E-state index >= 15 is 0 Å². The Bertz CT molecular complexity index is 582. The zero-order chi connectivity index (χ0) is 15.8. The zero-order valence-electron chi connectivity index (χ0n) is 13.0. The van der Waals surface area contributed by atoms with Gasteiger partial charge < -0.3 is 4.74 Å². The average molecular weight is 298 g/mol. The van der Waals surface area contributed by atoms with Gasteiger partial charge in [0, 0.05) is 0 Å². The standard InChI is InChI=1S/C19H22O3/c1-2-3-4-5-9-14-22-19-17(21)13-12-16(20)18(19)15-10-7-6-8-11-15/h6-8,10-13H,2-5,9,14H2,1H3. The number of carbonyl (C=O) groups excluding carboxylic acids is 2. The van der Waals surface area contributed by atoms with E-state index in [0.29, 0.717) is 12.2 Å². The lowest BCUT2D eigenvalue weighted by atomic mass is 9.95. The summed E-state index contributed by atoms with van der Waals surface area (Å²) in [4.78, 5) is 24.2. The second-order valence-corrected chi connectivity index (χ2v) is 5.39. The van der Waals surface area contributed by atoms with Crippen LogP contribution in [0.3, 0.4) is 0 Å². The summed E-state index contributed by atoms with van der Waals surface area (Å²) in [5, 5.41) is 0. The van der Waals surface area contributed by atoms with E-state index < -0.39 is 0 Å². The normalized spacial score (nSPS) is 14.6. The molecule has 0 saturated heterocycles. The average Bonchev–Trinajstić information content (AvgIpc) is 2.54. The van der Waals surface area contributed by atoms with Crippen molar-refractivity contribution in [3.05, 3.63) is 53.8 Å². The van der Waals surface area contributed by atoms with Crippen molar-refractivity contribution in [3.8, 4) is 0 Å². The Morgan fingerprint density at radius 2 is 1.55 bits per heavy atom. The minimum atomic E-state index is -0.230. The lowest BCUT2D eigenvalue weighted by Gasteiger charge is -2.16. The molecule has 1 aromatic rings. The zero-order valence-corrected chi connectivity index (χ0v) is 13.0. The van der Waals surface area contributed by atoms with Crippen molar-refractivity contribution in [1.29, 1.82) is 0 Å². The van der Waals surface area contributed by atoms with Crippen LogP contribution < -0.4 is 0 Å². The van der Waals surface area contributed by atoms with Crippen molar-refractivity contribution in [1.82, 2.24) is 0 Å². The van der Waals surface area contributed by atoms with Crippen LogP contribution in [0, 0.1) is 0 Å².